The molecule has 0 saturated carbocycles. The van der Waals surface area contributed by atoms with E-state index in [4.69, 9.17) is 17.3 Å². The number of nitrogens with zero attached hydrogens (tertiary/aromatic N) is 2. The van der Waals surface area contributed by atoms with Gasteiger partial charge in [-0.15, -0.1) is 0 Å². The van der Waals surface area contributed by atoms with Crippen LogP contribution in [0.1, 0.15) is 10.8 Å². The van der Waals surface area contributed by atoms with Crippen LogP contribution < -0.4 is 11.3 Å². The molecular formula is C22H15ClFN3O2S. The van der Waals surface area contributed by atoms with Gasteiger partial charge in [0.05, 0.1) is 16.6 Å². The molecule has 30 heavy (non-hydrogen) atoms. The molecule has 0 aliphatic rings. The summed E-state index contributed by atoms with van der Waals surface area (Å²) in [6.07, 6.45) is 0. The molecule has 1 heterocycles. The molecule has 3 aromatic carbocycles. The molecule has 0 radical (unpaired) electrons. The van der Waals surface area contributed by atoms with Crippen LogP contribution in [-0.2, 0) is 4.79 Å². The number of nitrogens with two attached hydrogens (primary N) is 1. The molecule has 2 N–H and O–H groups in total. The van der Waals surface area contributed by atoms with E-state index in [0.29, 0.717) is 27.2 Å². The zero-order valence-corrected chi connectivity index (χ0v) is 17.0. The first-order valence-electron chi connectivity index (χ1n) is 8.93. The number of hydrogen-bond acceptors (Lipinski definition) is 4. The summed E-state index contributed by atoms with van der Waals surface area (Å²) in [6.45, 7) is 0. The molecule has 0 fully saturated rings. The van der Waals surface area contributed by atoms with Crippen molar-refractivity contribution in [3.63, 3.8) is 0 Å². The number of primary amides is 1. The van der Waals surface area contributed by atoms with E-state index in [2.05, 4.69) is 4.98 Å². The van der Waals surface area contributed by atoms with Gasteiger partial charge in [-0.3, -0.25) is 14.2 Å². The summed E-state index contributed by atoms with van der Waals surface area (Å²) in [5, 5.41) is 0.283. The van der Waals surface area contributed by atoms with Gasteiger partial charge in [0.2, 0.25) is 5.91 Å². The molecule has 1 amide bonds. The standard InChI is InChI=1S/C22H15ClFN3O2S/c23-14-4-3-5-16(12-14)27-21(29)17-6-1-2-7-18(17)26-22(27)30-19(20(25)28)13-8-10-15(24)11-9-13/h1-12,19H,(H2,25,28). The monoisotopic (exact) mass is 439 g/mol. The Bertz CT molecular complexity index is 1310. The summed E-state index contributed by atoms with van der Waals surface area (Å²) in [4.78, 5) is 30.1. The predicted octanol–water partition coefficient (Wildman–Crippen LogP) is 4.50. The first kappa shape index (κ1) is 20.1. The second kappa shape index (κ2) is 8.30. The zero-order valence-electron chi connectivity index (χ0n) is 15.5. The average molecular weight is 440 g/mol. The van der Waals surface area contributed by atoms with E-state index in [-0.39, 0.29) is 10.7 Å². The van der Waals surface area contributed by atoms with E-state index < -0.39 is 17.0 Å². The van der Waals surface area contributed by atoms with Crippen molar-refractivity contribution in [3.8, 4) is 5.69 Å². The Morgan fingerprint density at radius 2 is 1.80 bits per heavy atom. The normalized spacial score (nSPS) is 12.1. The Hall–Kier alpha value is -3.16. The van der Waals surface area contributed by atoms with Crippen LogP contribution >= 0.6 is 23.4 Å². The maximum absolute atomic E-state index is 13.3. The third-order valence-electron chi connectivity index (χ3n) is 4.47. The molecule has 1 unspecified atom stereocenters. The lowest BCUT2D eigenvalue weighted by atomic mass is 10.1. The van der Waals surface area contributed by atoms with Crippen molar-refractivity contribution in [1.29, 1.82) is 0 Å². The van der Waals surface area contributed by atoms with Crippen molar-refractivity contribution in [2.24, 2.45) is 5.73 Å². The minimum absolute atomic E-state index is 0.272. The van der Waals surface area contributed by atoms with Gasteiger partial charge < -0.3 is 5.73 Å². The van der Waals surface area contributed by atoms with Crippen molar-refractivity contribution in [2.75, 3.05) is 0 Å². The summed E-state index contributed by atoms with van der Waals surface area (Å²) in [5.41, 5.74) is 6.84. The molecule has 1 atom stereocenters. The number of thioether (sulfide) groups is 1. The second-order valence-corrected chi connectivity index (χ2v) is 7.99. The van der Waals surface area contributed by atoms with Crippen molar-refractivity contribution >= 4 is 40.2 Å². The molecule has 5 nitrogen and oxygen atoms in total. The van der Waals surface area contributed by atoms with Crippen LogP contribution in [0, 0.1) is 5.82 Å². The SMILES string of the molecule is NC(=O)C(Sc1nc2ccccc2c(=O)n1-c1cccc(Cl)c1)c1ccc(F)cc1. The van der Waals surface area contributed by atoms with E-state index >= 15 is 0 Å². The Balaban J connectivity index is 1.92. The molecule has 4 aromatic rings. The highest BCUT2D eigenvalue weighted by atomic mass is 35.5. The maximum atomic E-state index is 13.3. The lowest BCUT2D eigenvalue weighted by Crippen LogP contribution is -2.24. The summed E-state index contributed by atoms with van der Waals surface area (Å²) in [5.74, 6) is -1.06. The minimum atomic E-state index is -0.871. The molecule has 150 valence electrons. The lowest BCUT2D eigenvalue weighted by Gasteiger charge is -2.17. The van der Waals surface area contributed by atoms with Crippen molar-refractivity contribution < 1.29 is 9.18 Å². The van der Waals surface area contributed by atoms with Crippen LogP contribution in [0.2, 0.25) is 5.02 Å². The van der Waals surface area contributed by atoms with Crippen molar-refractivity contribution in [3.05, 3.63) is 99.6 Å². The maximum Gasteiger partial charge on any atom is 0.266 e. The lowest BCUT2D eigenvalue weighted by molar-refractivity contribution is -0.117. The van der Waals surface area contributed by atoms with Gasteiger partial charge in [0.1, 0.15) is 11.1 Å². The Kier molecular flexibility index (Phi) is 5.57. The van der Waals surface area contributed by atoms with Crippen LogP contribution in [0.3, 0.4) is 0 Å². The molecule has 0 spiro atoms. The van der Waals surface area contributed by atoms with Crippen LogP contribution in [0.25, 0.3) is 16.6 Å². The Morgan fingerprint density at radius 1 is 1.07 bits per heavy atom. The molecule has 0 saturated heterocycles. The number of para-hydroxylation sites is 1. The molecule has 0 aliphatic heterocycles. The van der Waals surface area contributed by atoms with Crippen LogP contribution in [0.5, 0.6) is 0 Å². The third-order valence-corrected chi connectivity index (χ3v) is 5.93. The number of hydrogen-bond donors (Lipinski definition) is 1. The van der Waals surface area contributed by atoms with E-state index in [9.17, 15) is 14.0 Å². The Morgan fingerprint density at radius 3 is 2.50 bits per heavy atom. The van der Waals surface area contributed by atoms with Gasteiger partial charge in [-0.25, -0.2) is 9.37 Å². The highest BCUT2D eigenvalue weighted by Crippen LogP contribution is 2.35. The highest BCUT2D eigenvalue weighted by molar-refractivity contribution is 8.00. The number of amides is 1. The number of fused-ring (bicyclic) bond motifs is 1. The number of carbonyl (C=O) groups is 1. The summed E-state index contributed by atoms with van der Waals surface area (Å²) >= 11 is 7.16. The first-order valence-corrected chi connectivity index (χ1v) is 10.2. The van der Waals surface area contributed by atoms with Gasteiger partial charge in [-0.1, -0.05) is 53.7 Å². The second-order valence-electron chi connectivity index (χ2n) is 6.48. The van der Waals surface area contributed by atoms with Crippen LogP contribution in [0.4, 0.5) is 4.39 Å². The van der Waals surface area contributed by atoms with Gasteiger partial charge in [0, 0.05) is 5.02 Å². The van der Waals surface area contributed by atoms with E-state index in [1.54, 1.807) is 48.5 Å². The van der Waals surface area contributed by atoms with Crippen LogP contribution in [-0.4, -0.2) is 15.5 Å². The fourth-order valence-electron chi connectivity index (χ4n) is 3.07. The third kappa shape index (κ3) is 3.94. The quantitative estimate of drug-likeness (QED) is 0.367. The van der Waals surface area contributed by atoms with Gasteiger partial charge in [0.25, 0.3) is 5.56 Å². The van der Waals surface area contributed by atoms with Gasteiger partial charge >= 0.3 is 0 Å². The number of carbonyl (C=O) groups excluding carboxylic acids is 1. The molecule has 4 rings (SSSR count). The largest absolute Gasteiger partial charge is 0.368 e. The van der Waals surface area contributed by atoms with E-state index in [0.717, 1.165) is 11.8 Å². The van der Waals surface area contributed by atoms with Gasteiger partial charge in [-0.05, 0) is 48.0 Å². The summed E-state index contributed by atoms with van der Waals surface area (Å²) in [7, 11) is 0. The summed E-state index contributed by atoms with van der Waals surface area (Å²) < 4.78 is 14.7. The first-order chi connectivity index (χ1) is 14.4. The summed E-state index contributed by atoms with van der Waals surface area (Å²) in [6, 6.07) is 19.2. The number of halogens is 2. The predicted molar refractivity (Wildman–Crippen MR) is 117 cm³/mol. The fourth-order valence-corrected chi connectivity index (χ4v) is 4.32. The van der Waals surface area contributed by atoms with Crippen LogP contribution in [0.15, 0.2) is 82.7 Å². The zero-order chi connectivity index (χ0) is 21.3. The van der Waals surface area contributed by atoms with Crippen molar-refractivity contribution in [2.45, 2.75) is 10.4 Å². The average Bonchev–Trinajstić information content (AvgIpc) is 2.73. The molecule has 1 aromatic heterocycles. The number of rotatable bonds is 5. The minimum Gasteiger partial charge on any atom is -0.368 e. The molecule has 0 aliphatic carbocycles. The number of benzene rings is 3. The topological polar surface area (TPSA) is 78.0 Å². The highest BCUT2D eigenvalue weighted by Gasteiger charge is 2.24. The van der Waals surface area contributed by atoms with Gasteiger partial charge in [-0.2, -0.15) is 0 Å². The number of aromatic nitrogens is 2. The molecule has 0 bridgehead atoms. The molecular weight excluding hydrogens is 425 g/mol. The van der Waals surface area contributed by atoms with Crippen molar-refractivity contribution in [1.82, 2.24) is 9.55 Å². The molecule has 8 heteroatoms. The Labute approximate surface area is 180 Å². The fraction of sp³-hybridized carbons (Fsp3) is 0.0455. The smallest absolute Gasteiger partial charge is 0.266 e. The van der Waals surface area contributed by atoms with E-state index in [1.165, 1.54) is 28.8 Å². The van der Waals surface area contributed by atoms with E-state index in [1.807, 2.05) is 0 Å². The van der Waals surface area contributed by atoms with Gasteiger partial charge in [0.15, 0.2) is 5.16 Å².